The number of carbonyl (C=O) groups excluding carboxylic acids is 2. The molecule has 0 saturated carbocycles. The molecule has 1 amide bonds. The summed E-state index contributed by atoms with van der Waals surface area (Å²) in [6, 6.07) is 5.34. The lowest BCUT2D eigenvalue weighted by molar-refractivity contribution is -0.136. The molecule has 3 rings (SSSR count). The first kappa shape index (κ1) is 15.8. The summed E-state index contributed by atoms with van der Waals surface area (Å²) < 4.78 is 15.9. The van der Waals surface area contributed by atoms with Crippen LogP contribution >= 0.6 is 0 Å². The smallest absolute Gasteiger partial charge is 0.248 e. The minimum atomic E-state index is -0.0517. The van der Waals surface area contributed by atoms with Crippen molar-refractivity contribution in [3.05, 3.63) is 23.8 Å². The molecule has 1 aromatic rings. The first-order valence-corrected chi connectivity index (χ1v) is 7.89. The molecule has 2 aliphatic heterocycles. The quantitative estimate of drug-likeness (QED) is 0.788. The standard InChI is InChI=1S/C17H21NO5/c1-21-11-16(19)18-6-4-12(5-7-18)17(20)13-2-3-14-15(10-13)23-9-8-22-14/h2-3,10,12H,4-9,11H2,1H3. The summed E-state index contributed by atoms with van der Waals surface area (Å²) in [5.74, 6) is 1.37. The first-order valence-electron chi connectivity index (χ1n) is 7.89. The zero-order valence-corrected chi connectivity index (χ0v) is 13.2. The molecule has 0 aromatic heterocycles. The number of carbonyl (C=O) groups is 2. The highest BCUT2D eigenvalue weighted by Gasteiger charge is 2.28. The van der Waals surface area contributed by atoms with E-state index < -0.39 is 0 Å². The van der Waals surface area contributed by atoms with E-state index in [9.17, 15) is 9.59 Å². The third-order valence-electron chi connectivity index (χ3n) is 4.31. The Bertz CT molecular complexity index is 593. The second-order valence-electron chi connectivity index (χ2n) is 5.81. The molecule has 0 unspecified atom stereocenters. The number of ether oxygens (including phenoxy) is 3. The van der Waals surface area contributed by atoms with Crippen LogP contribution in [0.5, 0.6) is 11.5 Å². The third-order valence-corrected chi connectivity index (χ3v) is 4.31. The normalized spacial score (nSPS) is 17.9. The Morgan fingerprint density at radius 3 is 2.57 bits per heavy atom. The van der Waals surface area contributed by atoms with Gasteiger partial charge in [0.1, 0.15) is 19.8 Å². The SMILES string of the molecule is COCC(=O)N1CCC(C(=O)c2ccc3c(c2)OCCO3)CC1. The van der Waals surface area contributed by atoms with Gasteiger partial charge in [0.05, 0.1) is 0 Å². The highest BCUT2D eigenvalue weighted by molar-refractivity contribution is 5.98. The molecule has 0 atom stereocenters. The molecule has 0 radical (unpaired) electrons. The van der Waals surface area contributed by atoms with Crippen molar-refractivity contribution in [2.45, 2.75) is 12.8 Å². The van der Waals surface area contributed by atoms with Gasteiger partial charge in [0.25, 0.3) is 0 Å². The van der Waals surface area contributed by atoms with Crippen molar-refractivity contribution in [3.8, 4) is 11.5 Å². The molecule has 1 fully saturated rings. The molecule has 2 heterocycles. The van der Waals surface area contributed by atoms with Gasteiger partial charge in [-0.25, -0.2) is 0 Å². The van der Waals surface area contributed by atoms with Gasteiger partial charge in [-0.1, -0.05) is 0 Å². The lowest BCUT2D eigenvalue weighted by Crippen LogP contribution is -2.41. The summed E-state index contributed by atoms with van der Waals surface area (Å²) in [6.45, 7) is 2.34. The van der Waals surface area contributed by atoms with Crippen LogP contribution in [-0.4, -0.2) is 56.6 Å². The topological polar surface area (TPSA) is 65.1 Å². The van der Waals surface area contributed by atoms with Gasteiger partial charge in [-0.3, -0.25) is 9.59 Å². The third kappa shape index (κ3) is 3.47. The maximum absolute atomic E-state index is 12.7. The molecular weight excluding hydrogens is 298 g/mol. The fourth-order valence-corrected chi connectivity index (χ4v) is 3.04. The summed E-state index contributed by atoms with van der Waals surface area (Å²) >= 11 is 0. The molecule has 0 bridgehead atoms. The van der Waals surface area contributed by atoms with E-state index in [1.807, 2.05) is 0 Å². The summed E-state index contributed by atoms with van der Waals surface area (Å²) in [6.07, 6.45) is 1.37. The van der Waals surface area contributed by atoms with Crippen LogP contribution in [0.3, 0.4) is 0 Å². The summed E-state index contributed by atoms with van der Waals surface area (Å²) in [5.41, 5.74) is 0.649. The van der Waals surface area contributed by atoms with Crippen molar-refractivity contribution in [2.75, 3.05) is 40.0 Å². The lowest BCUT2D eigenvalue weighted by Gasteiger charge is -2.31. The predicted molar refractivity (Wildman–Crippen MR) is 82.9 cm³/mol. The van der Waals surface area contributed by atoms with E-state index in [4.69, 9.17) is 14.2 Å². The van der Waals surface area contributed by atoms with Gasteiger partial charge >= 0.3 is 0 Å². The van der Waals surface area contributed by atoms with E-state index >= 15 is 0 Å². The second-order valence-corrected chi connectivity index (χ2v) is 5.81. The van der Waals surface area contributed by atoms with Crippen LogP contribution < -0.4 is 9.47 Å². The van der Waals surface area contributed by atoms with E-state index in [1.54, 1.807) is 23.1 Å². The first-order chi connectivity index (χ1) is 11.2. The number of Topliss-reactive ketones (excluding diaryl/α,β-unsaturated/α-hetero) is 1. The summed E-state index contributed by atoms with van der Waals surface area (Å²) in [4.78, 5) is 26.2. The van der Waals surface area contributed by atoms with Crippen molar-refractivity contribution in [1.82, 2.24) is 4.90 Å². The highest BCUT2D eigenvalue weighted by atomic mass is 16.6. The van der Waals surface area contributed by atoms with Crippen molar-refractivity contribution in [1.29, 1.82) is 0 Å². The van der Waals surface area contributed by atoms with E-state index in [-0.39, 0.29) is 24.2 Å². The monoisotopic (exact) mass is 319 g/mol. The highest BCUT2D eigenvalue weighted by Crippen LogP contribution is 2.32. The number of piperidine rings is 1. The molecular formula is C17H21NO5. The van der Waals surface area contributed by atoms with Crippen LogP contribution in [0.1, 0.15) is 23.2 Å². The van der Waals surface area contributed by atoms with Crippen LogP contribution in [0.15, 0.2) is 18.2 Å². The van der Waals surface area contributed by atoms with Crippen LogP contribution in [0.25, 0.3) is 0 Å². The van der Waals surface area contributed by atoms with Crippen LogP contribution in [-0.2, 0) is 9.53 Å². The molecule has 1 saturated heterocycles. The number of benzene rings is 1. The van der Waals surface area contributed by atoms with Gasteiger partial charge in [-0.05, 0) is 31.0 Å². The van der Waals surface area contributed by atoms with E-state index in [0.717, 1.165) is 0 Å². The van der Waals surface area contributed by atoms with Gasteiger partial charge in [0, 0.05) is 31.7 Å². The largest absolute Gasteiger partial charge is 0.486 e. The van der Waals surface area contributed by atoms with Gasteiger partial charge < -0.3 is 19.1 Å². The molecule has 1 aromatic carbocycles. The lowest BCUT2D eigenvalue weighted by atomic mass is 9.88. The Balaban J connectivity index is 1.62. The molecule has 23 heavy (non-hydrogen) atoms. The number of amides is 1. The van der Waals surface area contributed by atoms with Crippen LogP contribution in [0.2, 0.25) is 0 Å². The van der Waals surface area contributed by atoms with Crippen molar-refractivity contribution in [3.63, 3.8) is 0 Å². The van der Waals surface area contributed by atoms with E-state index in [0.29, 0.717) is 56.2 Å². The summed E-state index contributed by atoms with van der Waals surface area (Å²) in [5, 5.41) is 0. The van der Waals surface area contributed by atoms with E-state index in [1.165, 1.54) is 7.11 Å². The molecule has 0 spiro atoms. The second kappa shape index (κ2) is 7.00. The number of likely N-dealkylation sites (tertiary alicyclic amines) is 1. The van der Waals surface area contributed by atoms with Gasteiger partial charge in [-0.15, -0.1) is 0 Å². The number of fused-ring (bicyclic) bond motifs is 1. The average molecular weight is 319 g/mol. The van der Waals surface area contributed by atoms with Gasteiger partial charge in [0.2, 0.25) is 5.91 Å². The van der Waals surface area contributed by atoms with Crippen molar-refractivity contribution in [2.24, 2.45) is 5.92 Å². The van der Waals surface area contributed by atoms with Crippen LogP contribution in [0, 0.1) is 5.92 Å². The maximum Gasteiger partial charge on any atom is 0.248 e. The number of rotatable bonds is 4. The molecule has 0 N–H and O–H groups in total. The number of methoxy groups -OCH3 is 1. The van der Waals surface area contributed by atoms with Crippen molar-refractivity contribution >= 4 is 11.7 Å². The molecule has 6 heteroatoms. The number of hydrogen-bond acceptors (Lipinski definition) is 5. The fraction of sp³-hybridized carbons (Fsp3) is 0.529. The zero-order chi connectivity index (χ0) is 16.2. The Hall–Kier alpha value is -2.08. The molecule has 0 aliphatic carbocycles. The van der Waals surface area contributed by atoms with Gasteiger partial charge in [0.15, 0.2) is 17.3 Å². The Morgan fingerprint density at radius 1 is 1.17 bits per heavy atom. The molecule has 6 nitrogen and oxygen atoms in total. The Labute approximate surface area is 135 Å². The van der Waals surface area contributed by atoms with E-state index in [2.05, 4.69) is 0 Å². The number of nitrogens with zero attached hydrogens (tertiary/aromatic N) is 1. The Kier molecular flexibility index (Phi) is 4.81. The number of ketones is 1. The maximum atomic E-state index is 12.7. The predicted octanol–water partition coefficient (Wildman–Crippen LogP) is 1.53. The Morgan fingerprint density at radius 2 is 1.87 bits per heavy atom. The average Bonchev–Trinajstić information content (AvgIpc) is 2.61. The minimum Gasteiger partial charge on any atom is -0.486 e. The molecule has 2 aliphatic rings. The molecule has 124 valence electrons. The summed E-state index contributed by atoms with van der Waals surface area (Å²) in [7, 11) is 1.51. The minimum absolute atomic E-state index is 0.0160. The fourth-order valence-electron chi connectivity index (χ4n) is 3.04. The van der Waals surface area contributed by atoms with Crippen molar-refractivity contribution < 1.29 is 23.8 Å². The number of hydrogen-bond donors (Lipinski definition) is 0. The van der Waals surface area contributed by atoms with Gasteiger partial charge in [-0.2, -0.15) is 0 Å². The zero-order valence-electron chi connectivity index (χ0n) is 13.2. The van der Waals surface area contributed by atoms with Crippen LogP contribution in [0.4, 0.5) is 0 Å².